The van der Waals surface area contributed by atoms with Crippen LogP contribution in [0.5, 0.6) is 11.5 Å². The third-order valence-corrected chi connectivity index (χ3v) is 6.12. The molecular formula is C26H21Cl2NO5. The van der Waals surface area contributed by atoms with Crippen molar-refractivity contribution in [1.29, 1.82) is 0 Å². The molecule has 1 aliphatic rings. The smallest absolute Gasteiger partial charge is 0.415 e. The fraction of sp³-hybridized carbons (Fsp3) is 0.192. The number of hydrogen-bond acceptors (Lipinski definition) is 5. The molecule has 1 aliphatic heterocycles. The van der Waals surface area contributed by atoms with E-state index < -0.39 is 17.6 Å². The van der Waals surface area contributed by atoms with Crippen molar-refractivity contribution in [2.45, 2.75) is 32.3 Å². The largest absolute Gasteiger partial charge is 0.457 e. The molecule has 0 spiro atoms. The number of alkyl carbamates (subject to hydrolysis) is 1. The van der Waals surface area contributed by atoms with Crippen LogP contribution >= 0.6 is 23.2 Å². The first-order valence-electron chi connectivity index (χ1n) is 10.7. The van der Waals surface area contributed by atoms with Crippen LogP contribution in [0.1, 0.15) is 47.3 Å². The fourth-order valence-corrected chi connectivity index (χ4v) is 4.25. The van der Waals surface area contributed by atoms with Gasteiger partial charge in [0.2, 0.25) is 5.60 Å². The average Bonchev–Trinajstić information content (AvgIpc) is 3.07. The molecular weight excluding hydrogens is 477 g/mol. The second-order valence-electron chi connectivity index (χ2n) is 8.03. The highest BCUT2D eigenvalue weighted by atomic mass is 35.5. The molecule has 0 aliphatic carbocycles. The molecule has 2 amide bonds. The molecule has 0 bridgehead atoms. The van der Waals surface area contributed by atoms with Crippen LogP contribution in [0.3, 0.4) is 0 Å². The zero-order chi connectivity index (χ0) is 24.5. The first-order valence-corrected chi connectivity index (χ1v) is 11.4. The zero-order valence-electron chi connectivity index (χ0n) is 18.5. The van der Waals surface area contributed by atoms with Crippen LogP contribution in [0.15, 0.2) is 60.7 Å². The van der Waals surface area contributed by atoms with Crippen molar-refractivity contribution in [3.05, 3.63) is 93.0 Å². The van der Waals surface area contributed by atoms with E-state index >= 15 is 0 Å². The first kappa shape index (κ1) is 23.8. The lowest BCUT2D eigenvalue weighted by Gasteiger charge is -2.20. The summed E-state index contributed by atoms with van der Waals surface area (Å²) in [6.07, 6.45) is 0.733. The van der Waals surface area contributed by atoms with Gasteiger partial charge in [0, 0.05) is 21.7 Å². The number of hydrogen-bond donors (Lipinski definition) is 1. The molecule has 174 valence electrons. The number of carbonyl (C=O) groups excluding carboxylic acids is 3. The Labute approximate surface area is 206 Å². The molecule has 34 heavy (non-hydrogen) atoms. The van der Waals surface area contributed by atoms with Gasteiger partial charge >= 0.3 is 6.09 Å². The summed E-state index contributed by atoms with van der Waals surface area (Å²) in [5.74, 6) is 0.294. The van der Waals surface area contributed by atoms with Gasteiger partial charge in [-0.25, -0.2) is 4.79 Å². The quantitative estimate of drug-likeness (QED) is 0.379. The van der Waals surface area contributed by atoms with Crippen LogP contribution in [0.25, 0.3) is 0 Å². The number of ketones is 1. The minimum absolute atomic E-state index is 0.213. The van der Waals surface area contributed by atoms with Crippen LogP contribution in [-0.2, 0) is 21.6 Å². The van der Waals surface area contributed by atoms with E-state index in [1.807, 2.05) is 6.92 Å². The lowest BCUT2D eigenvalue weighted by molar-refractivity contribution is -0.130. The Morgan fingerprint density at radius 2 is 1.85 bits per heavy atom. The minimum atomic E-state index is -1.43. The van der Waals surface area contributed by atoms with Crippen LogP contribution in [0, 0.1) is 0 Å². The summed E-state index contributed by atoms with van der Waals surface area (Å²) >= 11 is 12.2. The van der Waals surface area contributed by atoms with Gasteiger partial charge in [-0.1, -0.05) is 48.7 Å². The molecule has 0 unspecified atom stereocenters. The molecule has 0 saturated carbocycles. The number of amides is 2. The van der Waals surface area contributed by atoms with E-state index in [0.29, 0.717) is 39.6 Å². The summed E-state index contributed by atoms with van der Waals surface area (Å²) in [6.45, 7) is 3.56. The number of nitrogens with one attached hydrogen (secondary N) is 1. The Morgan fingerprint density at radius 3 is 2.53 bits per heavy atom. The molecule has 1 atom stereocenters. The predicted molar refractivity (Wildman–Crippen MR) is 129 cm³/mol. The van der Waals surface area contributed by atoms with Crippen LogP contribution < -0.4 is 10.1 Å². The first-order chi connectivity index (χ1) is 16.2. The van der Waals surface area contributed by atoms with E-state index in [1.54, 1.807) is 54.6 Å². The van der Waals surface area contributed by atoms with Crippen LogP contribution in [-0.4, -0.2) is 17.8 Å². The minimum Gasteiger partial charge on any atom is -0.457 e. The average molecular weight is 498 g/mol. The Balaban J connectivity index is 1.63. The SMILES string of the molecule is CCCc1cc(C(=O)c2ccc(Cl)cc2Cl)ccc1Oc1cccc([C@@]2(C)OC(=O)NC2=O)c1. The fourth-order valence-electron chi connectivity index (χ4n) is 3.76. The number of halogens is 2. The van der Waals surface area contributed by atoms with Crippen molar-refractivity contribution in [2.75, 3.05) is 0 Å². The van der Waals surface area contributed by atoms with E-state index in [1.165, 1.54) is 13.0 Å². The normalized spacial score (nSPS) is 17.3. The highest BCUT2D eigenvalue weighted by Gasteiger charge is 2.46. The number of aryl methyl sites for hydroxylation is 1. The number of carbonyl (C=O) groups is 3. The molecule has 0 aromatic heterocycles. The zero-order valence-corrected chi connectivity index (χ0v) is 20.0. The molecule has 1 saturated heterocycles. The van der Waals surface area contributed by atoms with E-state index in [0.717, 1.165) is 12.0 Å². The molecule has 0 radical (unpaired) electrons. The standard InChI is InChI=1S/C26H21Cl2NO5/c1-3-5-15-12-16(23(30)20-10-9-18(27)14-21(20)28)8-11-22(15)33-19-7-4-6-17(13-19)26(2)24(31)29-25(32)34-26/h4,6-14H,3,5H2,1-2H3,(H,29,31,32)/t26-/m1/s1. The maximum absolute atomic E-state index is 13.0. The van der Waals surface area contributed by atoms with Gasteiger partial charge in [-0.15, -0.1) is 0 Å². The summed E-state index contributed by atoms with van der Waals surface area (Å²) < 4.78 is 11.3. The van der Waals surface area contributed by atoms with Gasteiger partial charge in [0.25, 0.3) is 5.91 Å². The van der Waals surface area contributed by atoms with E-state index in [4.69, 9.17) is 32.7 Å². The van der Waals surface area contributed by atoms with Gasteiger partial charge in [-0.2, -0.15) is 0 Å². The molecule has 1 heterocycles. The maximum atomic E-state index is 13.0. The number of cyclic esters (lactones) is 1. The molecule has 3 aromatic carbocycles. The van der Waals surface area contributed by atoms with Crippen LogP contribution in [0.2, 0.25) is 10.0 Å². The van der Waals surface area contributed by atoms with Gasteiger partial charge in [0.1, 0.15) is 11.5 Å². The second kappa shape index (κ2) is 9.49. The van der Waals surface area contributed by atoms with E-state index in [-0.39, 0.29) is 10.8 Å². The maximum Gasteiger partial charge on any atom is 0.415 e. The Kier molecular flexibility index (Phi) is 6.64. The van der Waals surface area contributed by atoms with E-state index in [9.17, 15) is 14.4 Å². The van der Waals surface area contributed by atoms with Crippen molar-refractivity contribution in [2.24, 2.45) is 0 Å². The van der Waals surface area contributed by atoms with E-state index in [2.05, 4.69) is 5.32 Å². The van der Waals surface area contributed by atoms with Gasteiger partial charge in [0.05, 0.1) is 5.02 Å². The highest BCUT2D eigenvalue weighted by Crippen LogP contribution is 2.34. The summed E-state index contributed by atoms with van der Waals surface area (Å²) in [5.41, 5.74) is 0.745. The third-order valence-electron chi connectivity index (χ3n) is 5.58. The highest BCUT2D eigenvalue weighted by molar-refractivity contribution is 6.37. The summed E-state index contributed by atoms with van der Waals surface area (Å²) in [7, 11) is 0. The topological polar surface area (TPSA) is 81.7 Å². The van der Waals surface area contributed by atoms with Gasteiger partial charge in [-0.05, 0) is 67.4 Å². The third kappa shape index (κ3) is 4.65. The molecule has 1 fully saturated rings. The Hall–Kier alpha value is -3.35. The Bertz CT molecular complexity index is 1310. The number of rotatable bonds is 7. The summed E-state index contributed by atoms with van der Waals surface area (Å²) in [4.78, 5) is 36.8. The lowest BCUT2D eigenvalue weighted by atomic mass is 9.95. The van der Waals surface area contributed by atoms with Crippen molar-refractivity contribution < 1.29 is 23.9 Å². The van der Waals surface area contributed by atoms with Gasteiger partial charge in [0.15, 0.2) is 5.78 Å². The van der Waals surface area contributed by atoms with Crippen molar-refractivity contribution in [3.8, 4) is 11.5 Å². The molecule has 8 heteroatoms. The van der Waals surface area contributed by atoms with Crippen LogP contribution in [0.4, 0.5) is 4.79 Å². The molecule has 3 aromatic rings. The Morgan fingerprint density at radius 1 is 1.06 bits per heavy atom. The van der Waals surface area contributed by atoms with Gasteiger partial charge < -0.3 is 9.47 Å². The van der Waals surface area contributed by atoms with Crippen molar-refractivity contribution in [1.82, 2.24) is 5.32 Å². The predicted octanol–water partition coefficient (Wildman–Crippen LogP) is 6.45. The van der Waals surface area contributed by atoms with Crippen molar-refractivity contribution in [3.63, 3.8) is 0 Å². The second-order valence-corrected chi connectivity index (χ2v) is 8.88. The van der Waals surface area contributed by atoms with Crippen molar-refractivity contribution >= 4 is 41.0 Å². The number of ether oxygens (including phenoxy) is 2. The number of benzene rings is 3. The molecule has 1 N–H and O–H groups in total. The molecule has 6 nitrogen and oxygen atoms in total. The molecule has 4 rings (SSSR count). The lowest BCUT2D eigenvalue weighted by Crippen LogP contribution is -2.33. The summed E-state index contributed by atoms with van der Waals surface area (Å²) in [6, 6.07) is 16.8. The summed E-state index contributed by atoms with van der Waals surface area (Å²) in [5, 5.41) is 2.89. The monoisotopic (exact) mass is 497 g/mol. The number of imide groups is 1. The van der Waals surface area contributed by atoms with Gasteiger partial charge in [-0.3, -0.25) is 14.9 Å².